The molecule has 21 heavy (non-hydrogen) atoms. The van der Waals surface area contributed by atoms with Crippen molar-refractivity contribution < 1.29 is 0 Å². The molecule has 5 heteroatoms. The summed E-state index contributed by atoms with van der Waals surface area (Å²) in [7, 11) is 4.26. The summed E-state index contributed by atoms with van der Waals surface area (Å²) in [5, 5.41) is 0. The second-order valence-electron chi connectivity index (χ2n) is 7.14. The number of hydrogen-bond donors (Lipinski definition) is 0. The maximum absolute atomic E-state index is 4.46. The highest BCUT2D eigenvalue weighted by Gasteiger charge is 2.21. The molecule has 0 spiro atoms. The molecule has 0 aliphatic carbocycles. The van der Waals surface area contributed by atoms with E-state index in [1.54, 1.807) is 6.33 Å². The number of likely N-dealkylation sites (N-methyl/N-ethyl adjacent to an activating group) is 1. The number of piperazine rings is 1. The van der Waals surface area contributed by atoms with Gasteiger partial charge in [0.25, 0.3) is 0 Å². The fourth-order valence-corrected chi connectivity index (χ4v) is 2.47. The second kappa shape index (κ2) is 6.71. The van der Waals surface area contributed by atoms with Gasteiger partial charge >= 0.3 is 0 Å². The molecule has 1 fully saturated rings. The van der Waals surface area contributed by atoms with E-state index in [9.17, 15) is 0 Å². The minimum atomic E-state index is 0.0746. The van der Waals surface area contributed by atoms with Crippen LogP contribution in [0, 0.1) is 0 Å². The molecule has 0 unspecified atom stereocenters. The summed E-state index contributed by atoms with van der Waals surface area (Å²) in [4.78, 5) is 16.0. The van der Waals surface area contributed by atoms with Gasteiger partial charge in [0.2, 0.25) is 0 Å². The van der Waals surface area contributed by atoms with Crippen molar-refractivity contribution in [2.24, 2.45) is 0 Å². The van der Waals surface area contributed by atoms with Crippen LogP contribution < -0.4 is 4.90 Å². The van der Waals surface area contributed by atoms with E-state index in [0.717, 1.165) is 50.8 Å². The van der Waals surface area contributed by atoms with Crippen LogP contribution in [0.4, 0.5) is 5.82 Å². The van der Waals surface area contributed by atoms with Gasteiger partial charge in [-0.3, -0.25) is 4.90 Å². The molecule has 0 saturated carbocycles. The van der Waals surface area contributed by atoms with Crippen molar-refractivity contribution in [3.05, 3.63) is 18.1 Å². The van der Waals surface area contributed by atoms with Crippen molar-refractivity contribution in [1.82, 2.24) is 19.8 Å². The third kappa shape index (κ3) is 4.64. The maximum Gasteiger partial charge on any atom is 0.132 e. The van der Waals surface area contributed by atoms with Gasteiger partial charge in [-0.1, -0.05) is 20.8 Å². The SMILES string of the molecule is CN(C)CCN1CCN(c2cc(C(C)(C)C)ncn2)CC1. The van der Waals surface area contributed by atoms with Crippen LogP contribution in [0.2, 0.25) is 0 Å². The Bertz CT molecular complexity index is 444. The molecular formula is C16H29N5. The monoisotopic (exact) mass is 291 g/mol. The highest BCUT2D eigenvalue weighted by Crippen LogP contribution is 2.23. The lowest BCUT2D eigenvalue weighted by atomic mass is 9.92. The van der Waals surface area contributed by atoms with Gasteiger partial charge in [0.15, 0.2) is 0 Å². The Kier molecular flexibility index (Phi) is 5.17. The van der Waals surface area contributed by atoms with Gasteiger partial charge in [-0.15, -0.1) is 0 Å². The average molecular weight is 291 g/mol. The molecule has 1 aromatic rings. The van der Waals surface area contributed by atoms with Gasteiger partial charge in [0.1, 0.15) is 12.1 Å². The summed E-state index contributed by atoms with van der Waals surface area (Å²) in [6.07, 6.45) is 1.70. The molecule has 0 N–H and O–H groups in total. The summed E-state index contributed by atoms with van der Waals surface area (Å²) < 4.78 is 0. The lowest BCUT2D eigenvalue weighted by molar-refractivity contribution is 0.229. The summed E-state index contributed by atoms with van der Waals surface area (Å²) in [6.45, 7) is 13.2. The molecule has 1 aliphatic heterocycles. The van der Waals surface area contributed by atoms with E-state index >= 15 is 0 Å². The van der Waals surface area contributed by atoms with Gasteiger partial charge in [-0.2, -0.15) is 0 Å². The van der Waals surface area contributed by atoms with E-state index < -0.39 is 0 Å². The third-order valence-corrected chi connectivity index (χ3v) is 3.98. The van der Waals surface area contributed by atoms with E-state index in [4.69, 9.17) is 0 Å². The number of rotatable bonds is 4. The van der Waals surface area contributed by atoms with Crippen LogP contribution in [-0.4, -0.2) is 73.1 Å². The smallest absolute Gasteiger partial charge is 0.132 e. The Morgan fingerprint density at radius 1 is 1.10 bits per heavy atom. The molecule has 0 radical (unpaired) electrons. The van der Waals surface area contributed by atoms with Gasteiger partial charge in [0, 0.05) is 50.7 Å². The quantitative estimate of drug-likeness (QED) is 0.839. The number of nitrogens with zero attached hydrogens (tertiary/aromatic N) is 5. The Morgan fingerprint density at radius 3 is 2.33 bits per heavy atom. The van der Waals surface area contributed by atoms with Crippen LogP contribution in [0.5, 0.6) is 0 Å². The molecule has 2 heterocycles. The molecule has 118 valence electrons. The van der Waals surface area contributed by atoms with E-state index in [-0.39, 0.29) is 5.41 Å². The zero-order chi connectivity index (χ0) is 15.5. The fourth-order valence-electron chi connectivity index (χ4n) is 2.47. The normalized spacial score (nSPS) is 17.5. The van der Waals surface area contributed by atoms with Crippen LogP contribution in [0.1, 0.15) is 26.5 Å². The first-order chi connectivity index (χ1) is 9.86. The predicted octanol–water partition coefficient (Wildman–Crippen LogP) is 1.46. The molecule has 1 aliphatic rings. The highest BCUT2D eigenvalue weighted by molar-refractivity contribution is 5.40. The summed E-state index contributed by atoms with van der Waals surface area (Å²) >= 11 is 0. The van der Waals surface area contributed by atoms with Crippen LogP contribution in [0.3, 0.4) is 0 Å². The van der Waals surface area contributed by atoms with Crippen molar-refractivity contribution in [2.45, 2.75) is 26.2 Å². The van der Waals surface area contributed by atoms with Crippen molar-refractivity contribution >= 4 is 5.82 Å². The summed E-state index contributed by atoms with van der Waals surface area (Å²) in [6, 6.07) is 2.15. The van der Waals surface area contributed by atoms with Crippen LogP contribution in [0.25, 0.3) is 0 Å². The number of anilines is 1. The van der Waals surface area contributed by atoms with Crippen molar-refractivity contribution in [2.75, 3.05) is 58.3 Å². The van der Waals surface area contributed by atoms with Gasteiger partial charge in [0.05, 0.1) is 5.69 Å². The van der Waals surface area contributed by atoms with Crippen LogP contribution in [-0.2, 0) is 5.41 Å². The molecule has 0 amide bonds. The lowest BCUT2D eigenvalue weighted by Crippen LogP contribution is -2.48. The standard InChI is InChI=1S/C16H29N5/c1-16(2,3)14-12-15(18-13-17-14)21-10-8-20(9-11-21)7-6-19(4)5/h12-13H,6-11H2,1-5H3. The Morgan fingerprint density at radius 2 is 1.76 bits per heavy atom. The van der Waals surface area contributed by atoms with E-state index in [1.165, 1.54) is 0 Å². The number of aromatic nitrogens is 2. The van der Waals surface area contributed by atoms with E-state index in [1.807, 2.05) is 0 Å². The Labute approximate surface area is 129 Å². The molecule has 0 aromatic carbocycles. The van der Waals surface area contributed by atoms with Crippen LogP contribution >= 0.6 is 0 Å². The van der Waals surface area contributed by atoms with E-state index in [0.29, 0.717) is 0 Å². The molecule has 2 rings (SSSR count). The lowest BCUT2D eigenvalue weighted by Gasteiger charge is -2.36. The van der Waals surface area contributed by atoms with Crippen LogP contribution in [0.15, 0.2) is 12.4 Å². The first-order valence-electron chi connectivity index (χ1n) is 7.81. The highest BCUT2D eigenvalue weighted by atomic mass is 15.3. The predicted molar refractivity (Wildman–Crippen MR) is 87.9 cm³/mol. The largest absolute Gasteiger partial charge is 0.354 e. The first kappa shape index (κ1) is 16.2. The van der Waals surface area contributed by atoms with Gasteiger partial charge in [-0.05, 0) is 14.1 Å². The second-order valence-corrected chi connectivity index (χ2v) is 7.14. The van der Waals surface area contributed by atoms with Crippen molar-refractivity contribution in [3.8, 4) is 0 Å². The minimum absolute atomic E-state index is 0.0746. The Balaban J connectivity index is 1.93. The van der Waals surface area contributed by atoms with E-state index in [2.05, 4.69) is 65.6 Å². The molecule has 5 nitrogen and oxygen atoms in total. The van der Waals surface area contributed by atoms with Crippen molar-refractivity contribution in [1.29, 1.82) is 0 Å². The Hall–Kier alpha value is -1.20. The topological polar surface area (TPSA) is 35.5 Å². The molecule has 1 saturated heterocycles. The van der Waals surface area contributed by atoms with Gasteiger partial charge in [-0.25, -0.2) is 9.97 Å². The zero-order valence-electron chi connectivity index (χ0n) is 14.1. The average Bonchev–Trinajstić information content (AvgIpc) is 2.45. The molecule has 1 aromatic heterocycles. The van der Waals surface area contributed by atoms with Gasteiger partial charge < -0.3 is 9.80 Å². The van der Waals surface area contributed by atoms with Crippen molar-refractivity contribution in [3.63, 3.8) is 0 Å². The molecular weight excluding hydrogens is 262 g/mol. The minimum Gasteiger partial charge on any atom is -0.354 e. The number of hydrogen-bond acceptors (Lipinski definition) is 5. The third-order valence-electron chi connectivity index (χ3n) is 3.98. The molecule has 0 atom stereocenters. The molecule has 0 bridgehead atoms. The summed E-state index contributed by atoms with van der Waals surface area (Å²) in [5.74, 6) is 1.07. The first-order valence-corrected chi connectivity index (χ1v) is 7.81. The maximum atomic E-state index is 4.46. The summed E-state index contributed by atoms with van der Waals surface area (Å²) in [5.41, 5.74) is 1.19. The zero-order valence-corrected chi connectivity index (χ0v) is 14.1. The fraction of sp³-hybridized carbons (Fsp3) is 0.750.